The Labute approximate surface area is 211 Å². The number of ether oxygens (including phenoxy) is 2. The second kappa shape index (κ2) is 8.37. The maximum Gasteiger partial charge on any atom is 0.253 e. The van der Waals surface area contributed by atoms with Crippen LogP contribution < -0.4 is 9.47 Å². The molecule has 0 aromatic heterocycles. The number of Topliss-reactive ketones (excluding diaryl/α,β-unsaturated/α-hetero) is 1. The van der Waals surface area contributed by atoms with Crippen LogP contribution in [0.15, 0.2) is 72.8 Å². The Morgan fingerprint density at radius 1 is 0.861 bits per heavy atom. The van der Waals surface area contributed by atoms with Gasteiger partial charge in [-0.2, -0.15) is 0 Å². The van der Waals surface area contributed by atoms with E-state index >= 15 is 0 Å². The molecular formula is C31H29NO4. The molecule has 6 rings (SSSR count). The first-order valence-corrected chi connectivity index (χ1v) is 12.5. The quantitative estimate of drug-likeness (QED) is 0.441. The van der Waals surface area contributed by atoms with E-state index in [9.17, 15) is 9.59 Å². The highest BCUT2D eigenvalue weighted by molar-refractivity contribution is 6.03. The molecule has 5 nitrogen and oxygen atoms in total. The predicted octanol–water partition coefficient (Wildman–Crippen LogP) is 6.18. The molecular weight excluding hydrogens is 450 g/mol. The van der Waals surface area contributed by atoms with Crippen LogP contribution in [0, 0.1) is 0 Å². The molecule has 3 aromatic carbocycles. The second-order valence-corrected chi connectivity index (χ2v) is 10.6. The van der Waals surface area contributed by atoms with E-state index in [4.69, 9.17) is 9.47 Å². The zero-order chi connectivity index (χ0) is 24.9. The Morgan fingerprint density at radius 2 is 1.61 bits per heavy atom. The SMILES string of the molecule is CC1(C)CC(=O)c2cc(C(=O)N3CCC4(C=Cc5cc(-c6ccccc6)ccc5O4)CC3)ccc2O1. The third kappa shape index (κ3) is 4.09. The van der Waals surface area contributed by atoms with E-state index in [2.05, 4.69) is 36.4 Å². The highest BCUT2D eigenvalue weighted by atomic mass is 16.5. The molecule has 1 amide bonds. The van der Waals surface area contributed by atoms with Gasteiger partial charge in [-0.1, -0.05) is 42.5 Å². The van der Waals surface area contributed by atoms with Crippen molar-refractivity contribution in [3.8, 4) is 22.6 Å². The molecule has 3 heterocycles. The molecule has 5 heteroatoms. The molecule has 1 spiro atoms. The number of hydrogen-bond donors (Lipinski definition) is 0. The maximum absolute atomic E-state index is 13.3. The minimum absolute atomic E-state index is 0.0170. The summed E-state index contributed by atoms with van der Waals surface area (Å²) in [4.78, 5) is 27.8. The molecule has 0 atom stereocenters. The van der Waals surface area contributed by atoms with Crippen molar-refractivity contribution in [2.45, 2.75) is 44.3 Å². The van der Waals surface area contributed by atoms with Crippen LogP contribution in [0.3, 0.4) is 0 Å². The topological polar surface area (TPSA) is 55.8 Å². The van der Waals surface area contributed by atoms with E-state index in [-0.39, 0.29) is 11.7 Å². The number of piperidine rings is 1. The van der Waals surface area contributed by atoms with Gasteiger partial charge < -0.3 is 14.4 Å². The predicted molar refractivity (Wildman–Crippen MR) is 140 cm³/mol. The van der Waals surface area contributed by atoms with E-state index < -0.39 is 11.2 Å². The molecule has 182 valence electrons. The fraction of sp³-hybridized carbons (Fsp3) is 0.290. The smallest absolute Gasteiger partial charge is 0.253 e. The largest absolute Gasteiger partial charge is 0.487 e. The summed E-state index contributed by atoms with van der Waals surface area (Å²) in [6.07, 6.45) is 6.05. The minimum Gasteiger partial charge on any atom is -0.487 e. The van der Waals surface area contributed by atoms with Gasteiger partial charge in [0, 0.05) is 37.1 Å². The Morgan fingerprint density at radius 3 is 2.39 bits per heavy atom. The highest BCUT2D eigenvalue weighted by Crippen LogP contribution is 2.39. The van der Waals surface area contributed by atoms with E-state index in [0.717, 1.165) is 29.7 Å². The zero-order valence-electron chi connectivity index (χ0n) is 20.6. The lowest BCUT2D eigenvalue weighted by molar-refractivity contribution is 0.0329. The van der Waals surface area contributed by atoms with Crippen LogP contribution in [0.4, 0.5) is 0 Å². The summed E-state index contributed by atoms with van der Waals surface area (Å²) in [6.45, 7) is 4.99. The Balaban J connectivity index is 1.15. The van der Waals surface area contributed by atoms with Gasteiger partial charge in [0.25, 0.3) is 5.91 Å². The van der Waals surface area contributed by atoms with E-state index in [1.807, 2.05) is 43.0 Å². The van der Waals surface area contributed by atoms with Gasteiger partial charge in [0.1, 0.15) is 22.7 Å². The van der Waals surface area contributed by atoms with Crippen LogP contribution >= 0.6 is 0 Å². The Bertz CT molecular complexity index is 1380. The van der Waals surface area contributed by atoms with Gasteiger partial charge in [0.15, 0.2) is 5.78 Å². The van der Waals surface area contributed by atoms with Crippen LogP contribution in [0.25, 0.3) is 17.2 Å². The molecule has 0 aliphatic carbocycles. The number of carbonyl (C=O) groups is 2. The number of carbonyl (C=O) groups excluding carboxylic acids is 2. The summed E-state index contributed by atoms with van der Waals surface area (Å²) in [6, 6.07) is 21.8. The average Bonchev–Trinajstić information content (AvgIpc) is 2.88. The van der Waals surface area contributed by atoms with Crippen molar-refractivity contribution in [2.24, 2.45) is 0 Å². The number of benzene rings is 3. The molecule has 3 aliphatic heterocycles. The third-order valence-electron chi connectivity index (χ3n) is 7.39. The first-order chi connectivity index (χ1) is 17.3. The minimum atomic E-state index is -0.522. The Hall–Kier alpha value is -3.86. The van der Waals surface area contributed by atoms with Crippen molar-refractivity contribution in [2.75, 3.05) is 13.1 Å². The van der Waals surface area contributed by atoms with Crippen molar-refractivity contribution in [3.63, 3.8) is 0 Å². The van der Waals surface area contributed by atoms with Crippen molar-refractivity contribution in [1.82, 2.24) is 4.90 Å². The summed E-state index contributed by atoms with van der Waals surface area (Å²) < 4.78 is 12.4. The van der Waals surface area contributed by atoms with Gasteiger partial charge in [-0.05, 0) is 61.4 Å². The fourth-order valence-electron chi connectivity index (χ4n) is 5.40. The summed E-state index contributed by atoms with van der Waals surface area (Å²) in [5, 5.41) is 0. The number of hydrogen-bond acceptors (Lipinski definition) is 4. The zero-order valence-corrected chi connectivity index (χ0v) is 20.6. The van der Waals surface area contributed by atoms with Gasteiger partial charge >= 0.3 is 0 Å². The maximum atomic E-state index is 13.3. The normalized spacial score (nSPS) is 19.2. The molecule has 1 saturated heterocycles. The van der Waals surface area contributed by atoms with Crippen LogP contribution in [0.2, 0.25) is 0 Å². The van der Waals surface area contributed by atoms with Crippen molar-refractivity contribution < 1.29 is 19.1 Å². The molecule has 3 aliphatic rings. The third-order valence-corrected chi connectivity index (χ3v) is 7.39. The summed E-state index contributed by atoms with van der Waals surface area (Å²) >= 11 is 0. The monoisotopic (exact) mass is 479 g/mol. The van der Waals surface area contributed by atoms with E-state index in [1.54, 1.807) is 18.2 Å². The van der Waals surface area contributed by atoms with Gasteiger partial charge in [0.2, 0.25) is 0 Å². The standard InChI is InChI=1S/C31H29NO4/c1-30(2)20-26(33)25-19-24(9-11-28(25)35-30)29(34)32-16-14-31(15-17-32)13-12-23-18-22(8-10-27(23)36-31)21-6-4-3-5-7-21/h3-13,18-19H,14-17,20H2,1-2H3. The first-order valence-electron chi connectivity index (χ1n) is 12.5. The van der Waals surface area contributed by atoms with E-state index in [1.165, 1.54) is 5.56 Å². The van der Waals surface area contributed by atoms with Gasteiger partial charge in [-0.15, -0.1) is 0 Å². The molecule has 0 radical (unpaired) electrons. The molecule has 0 saturated carbocycles. The fourth-order valence-corrected chi connectivity index (χ4v) is 5.40. The number of likely N-dealkylation sites (tertiary alicyclic amines) is 1. The number of rotatable bonds is 2. The second-order valence-electron chi connectivity index (χ2n) is 10.6. The van der Waals surface area contributed by atoms with E-state index in [0.29, 0.717) is 36.4 Å². The number of amides is 1. The van der Waals surface area contributed by atoms with Gasteiger partial charge in [-0.25, -0.2) is 0 Å². The highest BCUT2D eigenvalue weighted by Gasteiger charge is 2.39. The molecule has 0 bridgehead atoms. The van der Waals surface area contributed by atoms with Crippen molar-refractivity contribution >= 4 is 17.8 Å². The van der Waals surface area contributed by atoms with Crippen LogP contribution in [0.1, 0.15) is 59.4 Å². The summed E-state index contributed by atoms with van der Waals surface area (Å²) in [5.41, 5.74) is 3.52. The average molecular weight is 480 g/mol. The molecule has 0 unspecified atom stereocenters. The molecule has 3 aromatic rings. The molecule has 36 heavy (non-hydrogen) atoms. The van der Waals surface area contributed by atoms with Crippen LogP contribution in [0.5, 0.6) is 11.5 Å². The lowest BCUT2D eigenvalue weighted by atomic mass is 9.87. The lowest BCUT2D eigenvalue weighted by Gasteiger charge is -2.42. The Kier molecular flexibility index (Phi) is 5.25. The van der Waals surface area contributed by atoms with Gasteiger partial charge in [-0.3, -0.25) is 9.59 Å². The van der Waals surface area contributed by atoms with Gasteiger partial charge in [0.05, 0.1) is 12.0 Å². The van der Waals surface area contributed by atoms with Crippen molar-refractivity contribution in [3.05, 3.63) is 89.5 Å². The number of nitrogens with zero attached hydrogens (tertiary/aromatic N) is 1. The number of fused-ring (bicyclic) bond motifs is 2. The lowest BCUT2D eigenvalue weighted by Crippen LogP contribution is -2.49. The first kappa shape index (κ1) is 22.6. The van der Waals surface area contributed by atoms with Crippen LogP contribution in [-0.4, -0.2) is 40.9 Å². The molecule has 0 N–H and O–H groups in total. The molecule has 1 fully saturated rings. The summed E-state index contributed by atoms with van der Waals surface area (Å²) in [7, 11) is 0. The summed E-state index contributed by atoms with van der Waals surface area (Å²) in [5.74, 6) is 1.40. The van der Waals surface area contributed by atoms with Crippen molar-refractivity contribution in [1.29, 1.82) is 0 Å². The number of ketones is 1. The van der Waals surface area contributed by atoms with Crippen LogP contribution in [-0.2, 0) is 0 Å².